The lowest BCUT2D eigenvalue weighted by Crippen LogP contribution is -2.05. The number of hydrogen-bond donors (Lipinski definition) is 1. The van der Waals surface area contributed by atoms with E-state index in [9.17, 15) is 8.78 Å². The molecule has 0 fully saturated rings. The maximum absolute atomic E-state index is 13.8. The lowest BCUT2D eigenvalue weighted by atomic mass is 10.1. The molecule has 0 aromatic heterocycles. The summed E-state index contributed by atoms with van der Waals surface area (Å²) in [5.74, 6) is -1.76. The molecule has 0 bridgehead atoms. The first-order chi connectivity index (χ1) is 9.60. The highest BCUT2D eigenvalue weighted by Gasteiger charge is 2.12. The van der Waals surface area contributed by atoms with Gasteiger partial charge in [0.1, 0.15) is 6.61 Å². The highest BCUT2D eigenvalue weighted by Crippen LogP contribution is 2.24. The van der Waals surface area contributed by atoms with Crippen LogP contribution in [0.15, 0.2) is 40.9 Å². The highest BCUT2D eigenvalue weighted by atomic mass is 79.9. The molecule has 0 aliphatic rings. The molecule has 0 aliphatic heterocycles. The second-order valence-corrected chi connectivity index (χ2v) is 5.26. The summed E-state index contributed by atoms with van der Waals surface area (Å²) in [6, 6.07) is 9.84. The average Bonchev–Trinajstić information content (AvgIpc) is 2.40. The van der Waals surface area contributed by atoms with Gasteiger partial charge in [0, 0.05) is 4.47 Å². The molecule has 0 atom stereocenters. The van der Waals surface area contributed by atoms with Crippen LogP contribution in [0.2, 0.25) is 0 Å². The van der Waals surface area contributed by atoms with Gasteiger partial charge in [0.2, 0.25) is 0 Å². The third-order valence-electron chi connectivity index (χ3n) is 2.79. The van der Waals surface area contributed by atoms with E-state index in [0.717, 1.165) is 10.0 Å². The van der Waals surface area contributed by atoms with Gasteiger partial charge in [-0.05, 0) is 48.4 Å². The van der Waals surface area contributed by atoms with Crippen LogP contribution in [0.4, 0.5) is 8.78 Å². The van der Waals surface area contributed by atoms with Gasteiger partial charge < -0.3 is 10.5 Å². The van der Waals surface area contributed by atoms with Crippen molar-refractivity contribution in [3.63, 3.8) is 0 Å². The van der Waals surface area contributed by atoms with Crippen LogP contribution < -0.4 is 10.5 Å². The molecule has 2 aromatic carbocycles. The molecular weight excluding hydrogens is 328 g/mol. The third-order valence-corrected chi connectivity index (χ3v) is 3.32. The lowest BCUT2D eigenvalue weighted by molar-refractivity contribution is 0.274. The summed E-state index contributed by atoms with van der Waals surface area (Å²) >= 11 is 3.32. The zero-order valence-electron chi connectivity index (χ0n) is 10.7. The van der Waals surface area contributed by atoms with Crippen LogP contribution in [0.3, 0.4) is 0 Å². The van der Waals surface area contributed by atoms with Gasteiger partial charge in [-0.15, -0.1) is 0 Å². The fraction of sp³-hybridized carbons (Fsp3) is 0.200. The van der Waals surface area contributed by atoms with Gasteiger partial charge in [0.05, 0.1) is 0 Å². The van der Waals surface area contributed by atoms with Crippen LogP contribution in [0, 0.1) is 11.6 Å². The van der Waals surface area contributed by atoms with E-state index in [1.54, 1.807) is 0 Å². The molecule has 0 saturated carbocycles. The van der Waals surface area contributed by atoms with Gasteiger partial charge in [0.25, 0.3) is 0 Å². The van der Waals surface area contributed by atoms with E-state index in [-0.39, 0.29) is 12.4 Å². The summed E-state index contributed by atoms with van der Waals surface area (Å²) in [7, 11) is 0. The summed E-state index contributed by atoms with van der Waals surface area (Å²) in [5, 5.41) is 0. The monoisotopic (exact) mass is 341 g/mol. The minimum atomic E-state index is -0.703. The first kappa shape index (κ1) is 14.9. The van der Waals surface area contributed by atoms with E-state index >= 15 is 0 Å². The number of nitrogens with two attached hydrogens (primary N) is 1. The molecule has 5 heteroatoms. The van der Waals surface area contributed by atoms with Crippen molar-refractivity contribution in [3.05, 3.63) is 63.6 Å². The Morgan fingerprint density at radius 2 is 1.60 bits per heavy atom. The lowest BCUT2D eigenvalue weighted by Gasteiger charge is -2.10. The fourth-order valence-electron chi connectivity index (χ4n) is 1.80. The molecule has 2 N–H and O–H groups in total. The summed E-state index contributed by atoms with van der Waals surface area (Å²) in [6.07, 6.45) is 0.431. The summed E-state index contributed by atoms with van der Waals surface area (Å²) in [5.41, 5.74) is 6.72. The van der Waals surface area contributed by atoms with E-state index < -0.39 is 11.6 Å². The number of rotatable bonds is 5. The SMILES string of the molecule is NCCc1cc(F)c(OCc2ccc(Br)cc2)c(F)c1. The molecule has 0 spiro atoms. The van der Waals surface area contributed by atoms with Crippen LogP contribution in [-0.2, 0) is 13.0 Å². The Morgan fingerprint density at radius 1 is 1.00 bits per heavy atom. The van der Waals surface area contributed by atoms with Gasteiger partial charge in [-0.2, -0.15) is 0 Å². The molecule has 2 nitrogen and oxygen atoms in total. The van der Waals surface area contributed by atoms with E-state index in [4.69, 9.17) is 10.5 Å². The van der Waals surface area contributed by atoms with Crippen molar-refractivity contribution in [2.24, 2.45) is 5.73 Å². The van der Waals surface area contributed by atoms with E-state index in [2.05, 4.69) is 15.9 Å². The Labute approximate surface area is 124 Å². The fourth-order valence-corrected chi connectivity index (χ4v) is 2.06. The zero-order valence-corrected chi connectivity index (χ0v) is 12.3. The smallest absolute Gasteiger partial charge is 0.191 e. The van der Waals surface area contributed by atoms with Crippen molar-refractivity contribution in [1.82, 2.24) is 0 Å². The summed E-state index contributed by atoms with van der Waals surface area (Å²) < 4.78 is 33.7. The van der Waals surface area contributed by atoms with Crippen LogP contribution >= 0.6 is 15.9 Å². The first-order valence-corrected chi connectivity index (χ1v) is 6.94. The molecule has 20 heavy (non-hydrogen) atoms. The summed E-state index contributed by atoms with van der Waals surface area (Å²) in [4.78, 5) is 0. The Balaban J connectivity index is 2.11. The van der Waals surface area contributed by atoms with Gasteiger partial charge in [0.15, 0.2) is 17.4 Å². The second-order valence-electron chi connectivity index (χ2n) is 4.34. The molecule has 0 radical (unpaired) electrons. The molecule has 2 rings (SSSR count). The Kier molecular flexibility index (Phi) is 5.09. The molecule has 0 unspecified atom stereocenters. The maximum Gasteiger partial charge on any atom is 0.191 e. The van der Waals surface area contributed by atoms with E-state index in [1.165, 1.54) is 12.1 Å². The number of hydrogen-bond acceptors (Lipinski definition) is 2. The largest absolute Gasteiger partial charge is 0.483 e. The molecule has 0 amide bonds. The van der Waals surface area contributed by atoms with Crippen molar-refractivity contribution in [2.45, 2.75) is 13.0 Å². The standard InChI is InChI=1S/C15H14BrF2NO/c16-12-3-1-10(2-4-12)9-20-15-13(17)7-11(5-6-19)8-14(15)18/h1-4,7-8H,5-6,9,19H2. The predicted octanol–water partition coefficient (Wildman–Crippen LogP) is 3.81. The van der Waals surface area contributed by atoms with Crippen molar-refractivity contribution in [1.29, 1.82) is 0 Å². The minimum Gasteiger partial charge on any atom is -0.483 e. The molecule has 0 saturated heterocycles. The maximum atomic E-state index is 13.8. The normalized spacial score (nSPS) is 10.6. The van der Waals surface area contributed by atoms with Crippen molar-refractivity contribution in [2.75, 3.05) is 6.54 Å². The van der Waals surface area contributed by atoms with Gasteiger partial charge >= 0.3 is 0 Å². The number of benzene rings is 2. The van der Waals surface area contributed by atoms with Crippen LogP contribution in [0.1, 0.15) is 11.1 Å². The topological polar surface area (TPSA) is 35.2 Å². The molecule has 0 heterocycles. The average molecular weight is 342 g/mol. The van der Waals surface area contributed by atoms with Crippen LogP contribution in [0.5, 0.6) is 5.75 Å². The number of ether oxygens (including phenoxy) is 1. The molecular formula is C15H14BrF2NO. The predicted molar refractivity (Wildman–Crippen MR) is 77.6 cm³/mol. The minimum absolute atomic E-state index is 0.108. The number of halogens is 3. The molecule has 0 aliphatic carbocycles. The van der Waals surface area contributed by atoms with Gasteiger partial charge in [-0.25, -0.2) is 8.78 Å². The quantitative estimate of drug-likeness (QED) is 0.897. The van der Waals surface area contributed by atoms with E-state index in [1.807, 2.05) is 24.3 Å². The van der Waals surface area contributed by atoms with Crippen LogP contribution in [0.25, 0.3) is 0 Å². The van der Waals surface area contributed by atoms with Crippen molar-refractivity contribution < 1.29 is 13.5 Å². The molecule has 106 valence electrons. The van der Waals surface area contributed by atoms with E-state index in [0.29, 0.717) is 18.5 Å². The van der Waals surface area contributed by atoms with Gasteiger partial charge in [-0.1, -0.05) is 28.1 Å². The van der Waals surface area contributed by atoms with Crippen molar-refractivity contribution in [3.8, 4) is 5.75 Å². The first-order valence-electron chi connectivity index (χ1n) is 6.15. The van der Waals surface area contributed by atoms with Crippen LogP contribution in [-0.4, -0.2) is 6.54 Å². The third kappa shape index (κ3) is 3.77. The second kappa shape index (κ2) is 6.81. The Morgan fingerprint density at radius 3 is 2.15 bits per heavy atom. The highest BCUT2D eigenvalue weighted by molar-refractivity contribution is 9.10. The zero-order chi connectivity index (χ0) is 14.5. The Hall–Kier alpha value is -1.46. The van der Waals surface area contributed by atoms with Gasteiger partial charge in [-0.3, -0.25) is 0 Å². The van der Waals surface area contributed by atoms with Crippen molar-refractivity contribution >= 4 is 15.9 Å². The Bertz CT molecular complexity index is 564. The summed E-state index contributed by atoms with van der Waals surface area (Å²) in [6.45, 7) is 0.454. The molecule has 2 aromatic rings.